The van der Waals surface area contributed by atoms with E-state index < -0.39 is 124 Å². The lowest BCUT2D eigenvalue weighted by Gasteiger charge is -2.43. The third-order valence-corrected chi connectivity index (χ3v) is 26.0. The Labute approximate surface area is 267 Å². The lowest BCUT2D eigenvalue weighted by molar-refractivity contribution is -0.222. The van der Waals surface area contributed by atoms with Crippen molar-refractivity contribution in [2.45, 2.75) is 23.7 Å². The van der Waals surface area contributed by atoms with Crippen LogP contribution in [0.5, 0.6) is 0 Å². The number of hydrogen-bond donors (Lipinski definition) is 0. The largest absolute Gasteiger partial charge is 0.347 e. The molecule has 260 valence electrons. The molecule has 14 nitrogen and oxygen atoms in total. The van der Waals surface area contributed by atoms with E-state index >= 15 is 0 Å². The maximum absolute atomic E-state index is 14.0. The Morgan fingerprint density at radius 3 is 1.16 bits per heavy atom. The van der Waals surface area contributed by atoms with Crippen LogP contribution in [0.25, 0.3) is 0 Å². The maximum atomic E-state index is 14.0. The fourth-order valence-corrected chi connectivity index (χ4v) is 26.6. The maximum Gasteiger partial charge on any atom is 0.347 e. The van der Waals surface area contributed by atoms with Gasteiger partial charge >= 0.3 is 60.2 Å². The van der Waals surface area contributed by atoms with Gasteiger partial charge in [-0.2, -0.15) is 57.7 Å². The number of halogens is 12. The second-order valence-electron chi connectivity index (χ2n) is 9.92. The van der Waals surface area contributed by atoms with Gasteiger partial charge in [0.05, 0.1) is 31.8 Å². The van der Waals surface area contributed by atoms with Crippen LogP contribution in [-0.2, 0) is 36.2 Å². The van der Waals surface area contributed by atoms with Crippen LogP contribution in [0.15, 0.2) is 27.1 Å². The first-order valence-electron chi connectivity index (χ1n) is 11.7. The molecule has 6 aliphatic rings. The van der Waals surface area contributed by atoms with Crippen molar-refractivity contribution in [1.82, 2.24) is 0 Å². The van der Waals surface area contributed by atoms with Crippen LogP contribution in [0.2, 0.25) is 0 Å². The molecule has 6 heterocycles. The standard InChI is InChI=1S/C13H16Cl4F8N6O8P6/c14-40(15)26-43(31-44(27-40)36-5-10(18,19)11(20,21)6-37-44)34-3-9(4-35-43)1-32-41(16)28-42(17,33-2-9)30-45(29-41)38-7-12(22,23)13(24,25)8-39-45/h1-8H2. The van der Waals surface area contributed by atoms with Crippen LogP contribution < -0.4 is 0 Å². The van der Waals surface area contributed by atoms with Gasteiger partial charge in [0.25, 0.3) is 5.91 Å². The van der Waals surface area contributed by atoms with Crippen molar-refractivity contribution in [3.05, 3.63) is 0 Å². The van der Waals surface area contributed by atoms with Gasteiger partial charge in [0.1, 0.15) is 26.4 Å². The van der Waals surface area contributed by atoms with E-state index in [4.69, 9.17) is 81.2 Å². The van der Waals surface area contributed by atoms with Gasteiger partial charge in [0.2, 0.25) is 0 Å². The molecule has 3 saturated heterocycles. The van der Waals surface area contributed by atoms with Crippen molar-refractivity contribution in [2.24, 2.45) is 32.5 Å². The van der Waals surface area contributed by atoms with E-state index in [1.54, 1.807) is 0 Å². The minimum Gasteiger partial charge on any atom is -0.315 e. The van der Waals surface area contributed by atoms with E-state index in [0.29, 0.717) is 0 Å². The van der Waals surface area contributed by atoms with Crippen LogP contribution in [0.1, 0.15) is 0 Å². The van der Waals surface area contributed by atoms with Gasteiger partial charge in [-0.1, -0.05) is 0 Å². The molecule has 2 bridgehead atoms. The Bertz CT molecular complexity index is 1590. The van der Waals surface area contributed by atoms with Crippen molar-refractivity contribution in [1.29, 1.82) is 0 Å². The summed E-state index contributed by atoms with van der Waals surface area (Å²) < 4.78 is 178. The minimum atomic E-state index is -4.65. The Morgan fingerprint density at radius 1 is 0.378 bits per heavy atom. The Balaban J connectivity index is 1.27. The number of fused-ring (bicyclic) bond motifs is 1. The van der Waals surface area contributed by atoms with Crippen molar-refractivity contribution in [3.63, 3.8) is 0 Å². The number of rotatable bonds is 0. The van der Waals surface area contributed by atoms with Gasteiger partial charge in [-0.05, 0) is 45.0 Å². The second kappa shape index (κ2) is 11.3. The quantitative estimate of drug-likeness (QED) is 0.173. The van der Waals surface area contributed by atoms with Gasteiger partial charge in [-0.3, -0.25) is 18.1 Å². The molecule has 0 saturated carbocycles. The van der Waals surface area contributed by atoms with Crippen molar-refractivity contribution in [2.75, 3.05) is 52.9 Å². The van der Waals surface area contributed by atoms with Crippen LogP contribution in [-0.4, -0.2) is 76.5 Å². The molecule has 0 aromatic heterocycles. The third kappa shape index (κ3) is 6.98. The molecule has 6 aliphatic heterocycles. The molecule has 0 amide bonds. The average Bonchev–Trinajstić information content (AvgIpc) is 3.04. The molecule has 2 atom stereocenters. The predicted octanol–water partition coefficient (Wildman–Crippen LogP) is 11.4. The molecule has 0 aromatic rings. The van der Waals surface area contributed by atoms with Crippen LogP contribution in [0.3, 0.4) is 0 Å². The van der Waals surface area contributed by atoms with Crippen LogP contribution in [0.4, 0.5) is 35.1 Å². The molecule has 0 aromatic carbocycles. The van der Waals surface area contributed by atoms with E-state index in [0.717, 1.165) is 0 Å². The van der Waals surface area contributed by atoms with Crippen LogP contribution in [0, 0.1) is 5.41 Å². The summed E-state index contributed by atoms with van der Waals surface area (Å²) in [6, 6.07) is 0. The predicted molar refractivity (Wildman–Crippen MR) is 149 cm³/mol. The summed E-state index contributed by atoms with van der Waals surface area (Å²) in [5, 5.41) is 0. The number of nitrogens with zero attached hydrogens (tertiary/aromatic N) is 6. The van der Waals surface area contributed by atoms with E-state index in [1.165, 1.54) is 0 Å². The van der Waals surface area contributed by atoms with E-state index in [-0.39, 0.29) is 0 Å². The van der Waals surface area contributed by atoms with Crippen molar-refractivity contribution >= 4 is 87.4 Å². The third-order valence-electron chi connectivity index (χ3n) is 6.21. The summed E-state index contributed by atoms with van der Waals surface area (Å²) in [7, 11) is -12.8. The topological polar surface area (TPSA) is 148 Å². The highest BCUT2D eigenvalue weighted by molar-refractivity contribution is 8.13. The minimum absolute atomic E-state index is 0.451. The summed E-state index contributed by atoms with van der Waals surface area (Å²) >= 11 is 25.3. The molecule has 45 heavy (non-hydrogen) atoms. The van der Waals surface area contributed by atoms with Gasteiger partial charge in [-0.25, -0.2) is 0 Å². The Kier molecular flexibility index (Phi) is 9.18. The lowest BCUT2D eigenvalue weighted by atomic mass is 9.93. The average molecular weight is 864 g/mol. The first-order chi connectivity index (χ1) is 20.4. The van der Waals surface area contributed by atoms with Crippen molar-refractivity contribution in [3.8, 4) is 0 Å². The van der Waals surface area contributed by atoms with Gasteiger partial charge in [-0.15, -0.1) is 4.52 Å². The van der Waals surface area contributed by atoms with Crippen LogP contribution >= 0.6 is 87.4 Å². The highest BCUT2D eigenvalue weighted by atomic mass is 35.9. The molecule has 32 heteroatoms. The molecule has 3 fully saturated rings. The molecule has 0 radical (unpaired) electrons. The molecule has 0 N–H and O–H groups in total. The summed E-state index contributed by atoms with van der Waals surface area (Å²) in [6.45, 7) is -17.3. The summed E-state index contributed by atoms with van der Waals surface area (Å²) in [4.78, 5) is 0. The summed E-state index contributed by atoms with van der Waals surface area (Å²) in [5.74, 6) is -22.5. The van der Waals surface area contributed by atoms with E-state index in [9.17, 15) is 35.1 Å². The monoisotopic (exact) mass is 862 g/mol. The number of alkyl halides is 8. The summed E-state index contributed by atoms with van der Waals surface area (Å²) in [5.41, 5.74) is -1.35. The number of hydrogen-bond acceptors (Lipinski definition) is 14. The van der Waals surface area contributed by atoms with Crippen molar-refractivity contribution < 1.29 is 71.3 Å². The summed E-state index contributed by atoms with van der Waals surface area (Å²) in [6.07, 6.45) is 0. The highest BCUT2D eigenvalue weighted by Gasteiger charge is 2.63. The molecule has 2 unspecified atom stereocenters. The molecule has 0 aliphatic carbocycles. The SMILES string of the molecule is FC1(F)COP2(=NP(Cl)(Cl)=NP3(=N2)OCC2(COP4(Cl)=NP(Cl)(=NP5(=N4)OCC(F)(F)C(F)(F)CO5)OC2)CO3)OCC1(F)F. The molecular weight excluding hydrogens is 848 g/mol. The molecular formula is C13H16Cl4F8N6O8P6. The second-order valence-corrected chi connectivity index (χ2v) is 28.0. The molecule has 4 spiro atoms. The fraction of sp³-hybridized carbons (Fsp3) is 1.00. The lowest BCUT2D eigenvalue weighted by Crippen LogP contribution is -2.45. The zero-order valence-electron chi connectivity index (χ0n) is 21.3. The fourth-order valence-electron chi connectivity index (χ4n) is 3.68. The Morgan fingerprint density at radius 2 is 0.711 bits per heavy atom. The van der Waals surface area contributed by atoms with E-state index in [2.05, 4.69) is 27.1 Å². The molecule has 6 rings (SSSR count). The first kappa shape index (κ1) is 36.5. The van der Waals surface area contributed by atoms with Gasteiger partial charge in [0.15, 0.2) is 0 Å². The smallest absolute Gasteiger partial charge is 0.315 e. The first-order valence-corrected chi connectivity index (χ1v) is 24.8. The highest BCUT2D eigenvalue weighted by Crippen LogP contribution is 2.86. The zero-order valence-corrected chi connectivity index (χ0v) is 29.7. The van der Waals surface area contributed by atoms with Gasteiger partial charge in [0, 0.05) is 0 Å². The normalized spacial score (nSPS) is 43.5. The Hall–Kier alpha value is 1.66. The van der Waals surface area contributed by atoms with Gasteiger partial charge < -0.3 is 18.1 Å². The zero-order chi connectivity index (χ0) is 33.1. The van der Waals surface area contributed by atoms with E-state index in [1.807, 2.05) is 0 Å².